The minimum Gasteiger partial charge on any atom is -0.511 e. The van der Waals surface area contributed by atoms with Crippen LogP contribution in [-0.2, 0) is 9.53 Å². The maximum absolute atomic E-state index is 11.2. The molecular formula is C13H14O5. The predicted octanol–water partition coefficient (Wildman–Crippen LogP) is 2.15. The van der Waals surface area contributed by atoms with Gasteiger partial charge in [0.1, 0.15) is 12.0 Å². The highest BCUT2D eigenvalue weighted by molar-refractivity contribution is 5.94. The molecule has 1 N–H and O–H groups in total. The highest BCUT2D eigenvalue weighted by Crippen LogP contribution is 2.22. The van der Waals surface area contributed by atoms with Gasteiger partial charge in [0.15, 0.2) is 5.78 Å². The molecule has 0 spiro atoms. The summed E-state index contributed by atoms with van der Waals surface area (Å²) in [7, 11) is 1.17. The fraction of sp³-hybridized carbons (Fsp3) is 0.231. The Hall–Kier alpha value is -2.30. The Morgan fingerprint density at radius 3 is 2.50 bits per heavy atom. The Labute approximate surface area is 105 Å². The molecule has 0 saturated carbocycles. The monoisotopic (exact) mass is 250 g/mol. The van der Waals surface area contributed by atoms with E-state index < -0.39 is 5.97 Å². The molecule has 96 valence electrons. The molecule has 0 saturated heterocycles. The molecular weight excluding hydrogens is 236 g/mol. The zero-order valence-corrected chi connectivity index (χ0v) is 10.4. The standard InChI is InChI=1S/C13H14O5/c1-8-4-5-10(9(2)15)6-11(8)18-12(7-14)13(16)17-3/h4-7,14H,1-3H3. The van der Waals surface area contributed by atoms with Gasteiger partial charge in [-0.15, -0.1) is 0 Å². The SMILES string of the molecule is COC(=O)C(=CO)Oc1cc(C(C)=O)ccc1C. The van der Waals surface area contributed by atoms with E-state index in [1.807, 2.05) is 0 Å². The van der Waals surface area contributed by atoms with Crippen molar-refractivity contribution in [2.75, 3.05) is 7.11 Å². The van der Waals surface area contributed by atoms with Crippen LogP contribution in [0.5, 0.6) is 5.75 Å². The lowest BCUT2D eigenvalue weighted by molar-refractivity contribution is -0.138. The normalized spacial score (nSPS) is 10.9. The third kappa shape index (κ3) is 3.10. The molecule has 0 bridgehead atoms. The summed E-state index contributed by atoms with van der Waals surface area (Å²) in [6.45, 7) is 3.18. The molecule has 0 aromatic heterocycles. The highest BCUT2D eigenvalue weighted by Gasteiger charge is 2.14. The van der Waals surface area contributed by atoms with Crippen molar-refractivity contribution >= 4 is 11.8 Å². The Morgan fingerprint density at radius 2 is 2.00 bits per heavy atom. The second-order valence-corrected chi connectivity index (χ2v) is 3.62. The second kappa shape index (κ2) is 5.86. The zero-order chi connectivity index (χ0) is 13.7. The van der Waals surface area contributed by atoms with Crippen LogP contribution in [0.1, 0.15) is 22.8 Å². The lowest BCUT2D eigenvalue weighted by Gasteiger charge is -2.10. The number of rotatable bonds is 4. The van der Waals surface area contributed by atoms with Crippen LogP contribution < -0.4 is 4.74 Å². The molecule has 0 aliphatic carbocycles. The summed E-state index contributed by atoms with van der Waals surface area (Å²) in [5.74, 6) is -0.952. The van der Waals surface area contributed by atoms with E-state index in [1.165, 1.54) is 20.1 Å². The largest absolute Gasteiger partial charge is 0.511 e. The number of esters is 1. The number of hydrogen-bond acceptors (Lipinski definition) is 5. The number of benzene rings is 1. The minimum absolute atomic E-state index is 0.118. The van der Waals surface area contributed by atoms with Gasteiger partial charge < -0.3 is 14.6 Å². The lowest BCUT2D eigenvalue weighted by atomic mass is 10.1. The molecule has 0 unspecified atom stereocenters. The average Bonchev–Trinajstić information content (AvgIpc) is 2.36. The van der Waals surface area contributed by atoms with Crippen LogP contribution in [0.3, 0.4) is 0 Å². The van der Waals surface area contributed by atoms with Crippen molar-refractivity contribution in [2.24, 2.45) is 0 Å². The smallest absolute Gasteiger partial charge is 0.377 e. The number of methoxy groups -OCH3 is 1. The number of carbonyl (C=O) groups excluding carboxylic acids is 2. The minimum atomic E-state index is -0.801. The van der Waals surface area contributed by atoms with Crippen LogP contribution in [0.15, 0.2) is 30.2 Å². The van der Waals surface area contributed by atoms with E-state index >= 15 is 0 Å². The van der Waals surface area contributed by atoms with Gasteiger partial charge in [0, 0.05) is 5.56 Å². The van der Waals surface area contributed by atoms with Crippen LogP contribution in [0.2, 0.25) is 0 Å². The van der Waals surface area contributed by atoms with Gasteiger partial charge in [-0.2, -0.15) is 0 Å². The molecule has 1 aromatic rings. The van der Waals surface area contributed by atoms with Gasteiger partial charge in [-0.3, -0.25) is 4.79 Å². The van der Waals surface area contributed by atoms with Gasteiger partial charge in [-0.05, 0) is 25.5 Å². The van der Waals surface area contributed by atoms with Crippen molar-refractivity contribution in [1.82, 2.24) is 0 Å². The van der Waals surface area contributed by atoms with Gasteiger partial charge >= 0.3 is 5.97 Å². The van der Waals surface area contributed by atoms with Crippen LogP contribution in [-0.4, -0.2) is 24.0 Å². The predicted molar refractivity (Wildman–Crippen MR) is 64.5 cm³/mol. The first-order valence-corrected chi connectivity index (χ1v) is 5.21. The fourth-order valence-electron chi connectivity index (χ4n) is 1.27. The maximum Gasteiger partial charge on any atom is 0.377 e. The molecule has 0 amide bonds. The van der Waals surface area contributed by atoms with E-state index in [2.05, 4.69) is 4.74 Å². The molecule has 0 atom stereocenters. The summed E-state index contributed by atoms with van der Waals surface area (Å²) in [6, 6.07) is 4.85. The van der Waals surface area contributed by atoms with E-state index in [0.29, 0.717) is 17.6 Å². The van der Waals surface area contributed by atoms with Crippen LogP contribution >= 0.6 is 0 Å². The first-order valence-electron chi connectivity index (χ1n) is 5.21. The summed E-state index contributed by atoms with van der Waals surface area (Å²) in [5.41, 5.74) is 1.18. The van der Waals surface area contributed by atoms with Crippen molar-refractivity contribution in [2.45, 2.75) is 13.8 Å². The number of hydrogen-bond donors (Lipinski definition) is 1. The van der Waals surface area contributed by atoms with Gasteiger partial charge in [0.2, 0.25) is 5.76 Å². The van der Waals surface area contributed by atoms with Crippen LogP contribution in [0.4, 0.5) is 0 Å². The summed E-state index contributed by atoms with van der Waals surface area (Å²) in [4.78, 5) is 22.5. The highest BCUT2D eigenvalue weighted by atomic mass is 16.6. The Balaban J connectivity index is 3.06. The summed E-state index contributed by atoms with van der Waals surface area (Å²) in [5, 5.41) is 8.90. The Bertz CT molecular complexity index is 502. The number of carbonyl (C=O) groups is 2. The van der Waals surface area contributed by atoms with Crippen LogP contribution in [0.25, 0.3) is 0 Å². The van der Waals surface area contributed by atoms with E-state index in [1.54, 1.807) is 19.1 Å². The fourth-order valence-corrected chi connectivity index (χ4v) is 1.27. The third-order valence-electron chi connectivity index (χ3n) is 2.32. The lowest BCUT2D eigenvalue weighted by Crippen LogP contribution is -2.11. The molecule has 18 heavy (non-hydrogen) atoms. The molecule has 0 heterocycles. The van der Waals surface area contributed by atoms with Gasteiger partial charge in [-0.25, -0.2) is 4.79 Å². The Kier molecular flexibility index (Phi) is 4.48. The molecule has 0 radical (unpaired) electrons. The van der Waals surface area contributed by atoms with Gasteiger partial charge in [0.25, 0.3) is 0 Å². The molecule has 5 heteroatoms. The second-order valence-electron chi connectivity index (χ2n) is 3.62. The molecule has 0 aliphatic rings. The molecule has 5 nitrogen and oxygen atoms in total. The van der Waals surface area contributed by atoms with Gasteiger partial charge in [0.05, 0.1) is 7.11 Å². The van der Waals surface area contributed by atoms with Crippen molar-refractivity contribution in [3.05, 3.63) is 41.3 Å². The quantitative estimate of drug-likeness (QED) is 0.383. The first kappa shape index (κ1) is 13.8. The van der Waals surface area contributed by atoms with Gasteiger partial charge in [-0.1, -0.05) is 12.1 Å². The molecule has 1 aromatic carbocycles. The Morgan fingerprint density at radius 1 is 1.33 bits per heavy atom. The summed E-state index contributed by atoms with van der Waals surface area (Å²) < 4.78 is 9.66. The van der Waals surface area contributed by atoms with E-state index in [4.69, 9.17) is 9.84 Å². The summed E-state index contributed by atoms with van der Waals surface area (Å²) >= 11 is 0. The number of aliphatic hydroxyl groups excluding tert-OH is 1. The number of aliphatic hydroxyl groups is 1. The van der Waals surface area contributed by atoms with Crippen molar-refractivity contribution in [1.29, 1.82) is 0 Å². The van der Waals surface area contributed by atoms with Crippen molar-refractivity contribution in [3.63, 3.8) is 0 Å². The van der Waals surface area contributed by atoms with Crippen molar-refractivity contribution in [3.8, 4) is 5.75 Å². The number of Topliss-reactive ketones (excluding diaryl/α,β-unsaturated/α-hetero) is 1. The zero-order valence-electron chi connectivity index (χ0n) is 10.4. The topological polar surface area (TPSA) is 72.8 Å². The number of aryl methyl sites for hydroxylation is 1. The molecule has 1 rings (SSSR count). The van der Waals surface area contributed by atoms with E-state index in [0.717, 1.165) is 5.56 Å². The molecule has 0 fully saturated rings. The van der Waals surface area contributed by atoms with Crippen molar-refractivity contribution < 1.29 is 24.2 Å². The maximum atomic E-state index is 11.2. The average molecular weight is 250 g/mol. The first-order chi connectivity index (χ1) is 8.49. The van der Waals surface area contributed by atoms with E-state index in [9.17, 15) is 9.59 Å². The summed E-state index contributed by atoms with van der Waals surface area (Å²) in [6.07, 6.45) is 0.520. The molecule has 0 aliphatic heterocycles. The van der Waals surface area contributed by atoms with Crippen LogP contribution in [0, 0.1) is 6.92 Å². The third-order valence-corrected chi connectivity index (χ3v) is 2.32. The number of ketones is 1. The van der Waals surface area contributed by atoms with E-state index in [-0.39, 0.29) is 11.5 Å². The number of ether oxygens (including phenoxy) is 2.